The van der Waals surface area contributed by atoms with Crippen molar-refractivity contribution in [1.82, 2.24) is 4.90 Å². The third kappa shape index (κ3) is 7.46. The van der Waals surface area contributed by atoms with Gasteiger partial charge in [-0.3, -0.25) is 9.69 Å². The number of nitrogens with two attached hydrogens (primary N) is 1. The molecule has 0 aromatic carbocycles. The van der Waals surface area contributed by atoms with Crippen molar-refractivity contribution in [2.75, 3.05) is 19.6 Å². The fourth-order valence-corrected chi connectivity index (χ4v) is 1.42. The first-order valence-electron chi connectivity index (χ1n) is 6.30. The average Bonchev–Trinajstić information content (AvgIpc) is 2.27. The molecule has 0 saturated heterocycles. The normalized spacial score (nSPS) is 12.1. The van der Waals surface area contributed by atoms with Crippen LogP contribution in [0.15, 0.2) is 11.6 Å². The van der Waals surface area contributed by atoms with Crippen LogP contribution in [-0.2, 0) is 4.79 Å². The van der Waals surface area contributed by atoms with Gasteiger partial charge in [0.1, 0.15) is 0 Å². The number of carbonyl (C=O) groups excluding carboxylic acids is 1. The lowest BCUT2D eigenvalue weighted by atomic mass is 10.2. The van der Waals surface area contributed by atoms with E-state index in [4.69, 9.17) is 5.73 Å². The van der Waals surface area contributed by atoms with E-state index in [-0.39, 0.29) is 5.91 Å². The summed E-state index contributed by atoms with van der Waals surface area (Å²) in [7, 11) is 0. The molecular weight excluding hydrogens is 200 g/mol. The van der Waals surface area contributed by atoms with Crippen LogP contribution in [0.2, 0.25) is 0 Å². The minimum atomic E-state index is -0.314. The van der Waals surface area contributed by atoms with Gasteiger partial charge >= 0.3 is 0 Å². The molecule has 0 unspecified atom stereocenters. The minimum absolute atomic E-state index is 0.314. The number of primary amides is 1. The van der Waals surface area contributed by atoms with Gasteiger partial charge in [-0.2, -0.15) is 0 Å². The van der Waals surface area contributed by atoms with E-state index in [1.165, 1.54) is 25.7 Å². The number of hydrogen-bond acceptors (Lipinski definition) is 2. The Labute approximate surface area is 99.7 Å². The SMILES string of the molecule is CCCCN(C/C=C(\C)C(N)=O)CCCC. The summed E-state index contributed by atoms with van der Waals surface area (Å²) in [6, 6.07) is 0. The van der Waals surface area contributed by atoms with Crippen LogP contribution < -0.4 is 5.73 Å². The van der Waals surface area contributed by atoms with Gasteiger partial charge in [0, 0.05) is 12.1 Å². The molecule has 0 aliphatic rings. The van der Waals surface area contributed by atoms with Crippen LogP contribution in [-0.4, -0.2) is 30.4 Å². The molecule has 3 heteroatoms. The molecule has 0 spiro atoms. The smallest absolute Gasteiger partial charge is 0.244 e. The van der Waals surface area contributed by atoms with Crippen LogP contribution in [0, 0.1) is 0 Å². The predicted molar refractivity (Wildman–Crippen MR) is 69.2 cm³/mol. The summed E-state index contributed by atoms with van der Waals surface area (Å²) in [5, 5.41) is 0. The Bertz CT molecular complexity index is 216. The van der Waals surface area contributed by atoms with Gasteiger partial charge in [0.2, 0.25) is 5.91 Å². The van der Waals surface area contributed by atoms with Gasteiger partial charge in [0.25, 0.3) is 0 Å². The summed E-state index contributed by atoms with van der Waals surface area (Å²) in [5.74, 6) is -0.314. The van der Waals surface area contributed by atoms with Crippen molar-refractivity contribution in [3.8, 4) is 0 Å². The molecule has 0 atom stereocenters. The molecule has 0 aliphatic heterocycles. The molecule has 0 aromatic heterocycles. The van der Waals surface area contributed by atoms with Gasteiger partial charge in [-0.15, -0.1) is 0 Å². The number of amides is 1. The molecule has 2 N–H and O–H groups in total. The molecule has 0 rings (SSSR count). The maximum absolute atomic E-state index is 10.9. The topological polar surface area (TPSA) is 46.3 Å². The van der Waals surface area contributed by atoms with Gasteiger partial charge in [-0.1, -0.05) is 32.8 Å². The summed E-state index contributed by atoms with van der Waals surface area (Å²) >= 11 is 0. The highest BCUT2D eigenvalue weighted by Crippen LogP contribution is 2.01. The molecule has 16 heavy (non-hydrogen) atoms. The van der Waals surface area contributed by atoms with E-state index in [1.54, 1.807) is 6.92 Å². The lowest BCUT2D eigenvalue weighted by Crippen LogP contribution is -2.27. The number of rotatable bonds is 9. The van der Waals surface area contributed by atoms with E-state index in [0.29, 0.717) is 5.57 Å². The van der Waals surface area contributed by atoms with Gasteiger partial charge in [-0.25, -0.2) is 0 Å². The van der Waals surface area contributed by atoms with Crippen LogP contribution in [0.5, 0.6) is 0 Å². The number of hydrogen-bond donors (Lipinski definition) is 1. The zero-order chi connectivity index (χ0) is 12.4. The lowest BCUT2D eigenvalue weighted by molar-refractivity contribution is -0.114. The molecule has 0 radical (unpaired) electrons. The maximum Gasteiger partial charge on any atom is 0.244 e. The molecule has 0 aromatic rings. The Kier molecular flexibility index (Phi) is 8.91. The standard InChI is InChI=1S/C13H26N2O/c1-4-6-9-15(10-7-5-2)11-8-12(3)13(14)16/h8H,4-7,9-11H2,1-3H3,(H2,14,16)/b12-8+. The minimum Gasteiger partial charge on any atom is -0.366 e. The highest BCUT2D eigenvalue weighted by molar-refractivity contribution is 5.91. The summed E-state index contributed by atoms with van der Waals surface area (Å²) < 4.78 is 0. The Hall–Kier alpha value is -0.830. The second kappa shape index (κ2) is 9.40. The van der Waals surface area contributed by atoms with Gasteiger partial charge in [0.05, 0.1) is 0 Å². The fraction of sp³-hybridized carbons (Fsp3) is 0.769. The van der Waals surface area contributed by atoms with E-state index in [9.17, 15) is 4.79 Å². The molecule has 0 aliphatic carbocycles. The van der Waals surface area contributed by atoms with Crippen LogP contribution in [0.25, 0.3) is 0 Å². The molecule has 0 heterocycles. The lowest BCUT2D eigenvalue weighted by Gasteiger charge is -2.20. The summed E-state index contributed by atoms with van der Waals surface area (Å²) in [6.07, 6.45) is 6.79. The van der Waals surface area contributed by atoms with Crippen LogP contribution in [0.1, 0.15) is 46.5 Å². The van der Waals surface area contributed by atoms with Gasteiger partial charge in [0.15, 0.2) is 0 Å². The van der Waals surface area contributed by atoms with Gasteiger partial charge < -0.3 is 5.73 Å². The van der Waals surface area contributed by atoms with E-state index in [1.807, 2.05) is 6.08 Å². The Balaban J connectivity index is 4.08. The van der Waals surface area contributed by atoms with Crippen molar-refractivity contribution in [1.29, 1.82) is 0 Å². The predicted octanol–water partition coefficient (Wildman–Crippen LogP) is 2.32. The third-order valence-electron chi connectivity index (χ3n) is 2.70. The number of carbonyl (C=O) groups is 1. The van der Waals surface area contributed by atoms with Crippen molar-refractivity contribution >= 4 is 5.91 Å². The molecule has 0 saturated carbocycles. The van der Waals surface area contributed by atoms with Crippen LogP contribution in [0.3, 0.4) is 0 Å². The highest BCUT2D eigenvalue weighted by atomic mass is 16.1. The zero-order valence-electron chi connectivity index (χ0n) is 11.0. The Morgan fingerprint density at radius 3 is 2.06 bits per heavy atom. The van der Waals surface area contributed by atoms with Crippen molar-refractivity contribution in [3.05, 3.63) is 11.6 Å². The first-order chi connectivity index (χ1) is 7.61. The van der Waals surface area contributed by atoms with E-state index in [0.717, 1.165) is 19.6 Å². The maximum atomic E-state index is 10.9. The van der Waals surface area contributed by atoms with E-state index < -0.39 is 0 Å². The van der Waals surface area contributed by atoms with Crippen molar-refractivity contribution < 1.29 is 4.79 Å². The quantitative estimate of drug-likeness (QED) is 0.613. The summed E-state index contributed by atoms with van der Waals surface area (Å²) in [5.41, 5.74) is 5.86. The van der Waals surface area contributed by atoms with Gasteiger partial charge in [-0.05, 0) is 32.9 Å². The Morgan fingerprint density at radius 2 is 1.69 bits per heavy atom. The Morgan fingerprint density at radius 1 is 1.19 bits per heavy atom. The molecule has 3 nitrogen and oxygen atoms in total. The molecule has 0 fully saturated rings. The zero-order valence-corrected chi connectivity index (χ0v) is 11.0. The van der Waals surface area contributed by atoms with E-state index >= 15 is 0 Å². The highest BCUT2D eigenvalue weighted by Gasteiger charge is 2.03. The van der Waals surface area contributed by atoms with Crippen LogP contribution in [0.4, 0.5) is 0 Å². The second-order valence-corrected chi connectivity index (χ2v) is 4.26. The number of unbranched alkanes of at least 4 members (excludes halogenated alkanes) is 2. The molecule has 0 bridgehead atoms. The molecule has 94 valence electrons. The summed E-state index contributed by atoms with van der Waals surface area (Å²) in [6.45, 7) is 9.23. The monoisotopic (exact) mass is 226 g/mol. The first-order valence-corrected chi connectivity index (χ1v) is 6.30. The molecule has 1 amide bonds. The van der Waals surface area contributed by atoms with Crippen molar-refractivity contribution in [3.63, 3.8) is 0 Å². The van der Waals surface area contributed by atoms with Crippen molar-refractivity contribution in [2.24, 2.45) is 5.73 Å². The second-order valence-electron chi connectivity index (χ2n) is 4.26. The third-order valence-corrected chi connectivity index (χ3v) is 2.70. The first kappa shape index (κ1) is 15.2. The number of nitrogens with zero attached hydrogens (tertiary/aromatic N) is 1. The molecular formula is C13H26N2O. The average molecular weight is 226 g/mol. The largest absolute Gasteiger partial charge is 0.366 e. The summed E-state index contributed by atoms with van der Waals surface area (Å²) in [4.78, 5) is 13.3. The van der Waals surface area contributed by atoms with Crippen molar-refractivity contribution in [2.45, 2.75) is 46.5 Å². The van der Waals surface area contributed by atoms with Crippen LogP contribution >= 0.6 is 0 Å². The van der Waals surface area contributed by atoms with E-state index in [2.05, 4.69) is 18.7 Å². The fourth-order valence-electron chi connectivity index (χ4n) is 1.42.